The van der Waals surface area contributed by atoms with Crippen molar-refractivity contribution < 1.29 is 13.6 Å². The maximum absolute atomic E-state index is 12.5. The quantitative estimate of drug-likeness (QED) is 0.367. The van der Waals surface area contributed by atoms with Crippen molar-refractivity contribution in [2.75, 3.05) is 13.1 Å². The van der Waals surface area contributed by atoms with Crippen molar-refractivity contribution in [3.05, 3.63) is 15.9 Å². The number of hydrogen-bond donors (Lipinski definition) is 2. The molecule has 1 aromatic rings. The van der Waals surface area contributed by atoms with E-state index in [1.165, 1.54) is 15.6 Å². The van der Waals surface area contributed by atoms with Crippen LogP contribution in [0.25, 0.3) is 0 Å². The average molecular weight is 368 g/mol. The van der Waals surface area contributed by atoms with E-state index in [0.717, 1.165) is 6.42 Å². The van der Waals surface area contributed by atoms with Crippen molar-refractivity contribution >= 4 is 43.1 Å². The first-order chi connectivity index (χ1) is 8.96. The van der Waals surface area contributed by atoms with Crippen LogP contribution in [-0.2, 0) is 10.0 Å². The third-order valence-electron chi connectivity index (χ3n) is 3.08. The van der Waals surface area contributed by atoms with E-state index in [1.807, 2.05) is 0 Å². The van der Waals surface area contributed by atoms with E-state index in [1.54, 1.807) is 11.4 Å². The summed E-state index contributed by atoms with van der Waals surface area (Å²) in [6, 6.07) is 1.71. The predicted molar refractivity (Wildman–Crippen MR) is 76.9 cm³/mol. The molecule has 1 aliphatic heterocycles. The van der Waals surface area contributed by atoms with Crippen LogP contribution in [0.4, 0.5) is 0 Å². The summed E-state index contributed by atoms with van der Waals surface area (Å²) in [5, 5.41) is 13.4. The molecule has 19 heavy (non-hydrogen) atoms. The molecule has 6 nitrogen and oxygen atoms in total. The number of thiophene rings is 1. The predicted octanol–water partition coefficient (Wildman–Crippen LogP) is 1.66. The number of sulfonamides is 1. The molecule has 1 aliphatic rings. The molecule has 0 amide bonds. The maximum atomic E-state index is 12.5. The Morgan fingerprint density at radius 2 is 2.37 bits per heavy atom. The molecule has 1 unspecified atom stereocenters. The van der Waals surface area contributed by atoms with Gasteiger partial charge in [0.15, 0.2) is 0 Å². The van der Waals surface area contributed by atoms with E-state index >= 15 is 0 Å². The van der Waals surface area contributed by atoms with Crippen LogP contribution in [-0.4, -0.2) is 36.9 Å². The zero-order chi connectivity index (χ0) is 14.0. The summed E-state index contributed by atoms with van der Waals surface area (Å²) in [7, 11) is -3.51. The van der Waals surface area contributed by atoms with Crippen molar-refractivity contribution in [2.45, 2.75) is 17.1 Å². The lowest BCUT2D eigenvalue weighted by Gasteiger charge is -2.30. The fourth-order valence-corrected chi connectivity index (χ4v) is 6.04. The molecule has 1 aromatic heterocycles. The van der Waals surface area contributed by atoms with Crippen molar-refractivity contribution in [3.63, 3.8) is 0 Å². The highest BCUT2D eigenvalue weighted by Gasteiger charge is 2.33. The van der Waals surface area contributed by atoms with Crippen LogP contribution >= 0.6 is 27.3 Å². The van der Waals surface area contributed by atoms with Crippen molar-refractivity contribution in [1.82, 2.24) is 4.31 Å². The van der Waals surface area contributed by atoms with E-state index in [0.29, 0.717) is 21.6 Å². The average Bonchev–Trinajstić information content (AvgIpc) is 2.85. The Balaban J connectivity index is 2.25. The van der Waals surface area contributed by atoms with Gasteiger partial charge in [0.1, 0.15) is 10.0 Å². The minimum atomic E-state index is -3.51. The molecule has 3 N–H and O–H groups in total. The van der Waals surface area contributed by atoms with Crippen LogP contribution in [0.2, 0.25) is 0 Å². The van der Waals surface area contributed by atoms with Gasteiger partial charge in [-0.25, -0.2) is 8.42 Å². The number of rotatable bonds is 3. The van der Waals surface area contributed by atoms with Gasteiger partial charge < -0.3 is 10.9 Å². The minimum absolute atomic E-state index is 0.0881. The highest BCUT2D eigenvalue weighted by molar-refractivity contribution is 9.10. The molecule has 2 rings (SSSR count). The Morgan fingerprint density at radius 1 is 1.63 bits per heavy atom. The second kappa shape index (κ2) is 5.78. The summed E-state index contributed by atoms with van der Waals surface area (Å²) in [5.41, 5.74) is 5.57. The smallest absolute Gasteiger partial charge is 0.253 e. The molecule has 2 heterocycles. The number of nitrogens with zero attached hydrogens (tertiary/aromatic N) is 2. The molecule has 1 atom stereocenters. The second-order valence-corrected chi connectivity index (χ2v) is 8.19. The van der Waals surface area contributed by atoms with Gasteiger partial charge in [0.05, 0.1) is 0 Å². The summed E-state index contributed by atoms with van der Waals surface area (Å²) in [6.07, 6.45) is 1.43. The van der Waals surface area contributed by atoms with Crippen molar-refractivity contribution in [3.8, 4) is 0 Å². The van der Waals surface area contributed by atoms with Gasteiger partial charge in [-0.05, 0) is 40.2 Å². The van der Waals surface area contributed by atoms with Gasteiger partial charge in [-0.2, -0.15) is 4.31 Å². The molecule has 0 bridgehead atoms. The lowest BCUT2D eigenvalue weighted by Crippen LogP contribution is -2.44. The van der Waals surface area contributed by atoms with Gasteiger partial charge in [0.2, 0.25) is 0 Å². The van der Waals surface area contributed by atoms with Crippen LogP contribution < -0.4 is 5.73 Å². The third kappa shape index (κ3) is 2.93. The van der Waals surface area contributed by atoms with Gasteiger partial charge in [-0.3, -0.25) is 0 Å². The molecule has 0 spiro atoms. The fraction of sp³-hybridized carbons (Fsp3) is 0.500. The molecule has 9 heteroatoms. The zero-order valence-corrected chi connectivity index (χ0v) is 13.2. The second-order valence-electron chi connectivity index (χ2n) is 4.28. The van der Waals surface area contributed by atoms with Gasteiger partial charge in [-0.1, -0.05) is 5.16 Å². The first kappa shape index (κ1) is 14.8. The number of nitrogens with two attached hydrogens (primary N) is 1. The Bertz CT molecular complexity index is 585. The van der Waals surface area contributed by atoms with Crippen LogP contribution in [0.1, 0.15) is 12.8 Å². The number of halogens is 1. The molecule has 1 saturated heterocycles. The van der Waals surface area contributed by atoms with Crippen LogP contribution in [0.5, 0.6) is 0 Å². The molecule has 0 aliphatic carbocycles. The van der Waals surface area contributed by atoms with E-state index in [-0.39, 0.29) is 18.3 Å². The van der Waals surface area contributed by atoms with Gasteiger partial charge in [-0.15, -0.1) is 11.3 Å². The van der Waals surface area contributed by atoms with Crippen LogP contribution in [0.3, 0.4) is 0 Å². The molecular weight excluding hydrogens is 354 g/mol. The van der Waals surface area contributed by atoms with Crippen LogP contribution in [0.15, 0.2) is 25.3 Å². The summed E-state index contributed by atoms with van der Waals surface area (Å²) >= 11 is 4.42. The Morgan fingerprint density at radius 3 is 2.95 bits per heavy atom. The molecule has 1 fully saturated rings. The largest absolute Gasteiger partial charge is 0.409 e. The zero-order valence-electron chi connectivity index (χ0n) is 9.99. The third-order valence-corrected chi connectivity index (χ3v) is 7.59. The molecule has 106 valence electrons. The SMILES string of the molecule is NC(=NO)C1CCCN(S(=O)(=O)c2sccc2Br)C1. The molecule has 0 saturated carbocycles. The summed E-state index contributed by atoms with van der Waals surface area (Å²) in [4.78, 5) is 0. The Hall–Kier alpha value is -0.640. The molecule has 0 radical (unpaired) electrons. The minimum Gasteiger partial charge on any atom is -0.409 e. The highest BCUT2D eigenvalue weighted by atomic mass is 79.9. The number of hydrogen-bond acceptors (Lipinski definition) is 5. The Kier molecular flexibility index (Phi) is 4.49. The van der Waals surface area contributed by atoms with E-state index < -0.39 is 10.0 Å². The number of piperidine rings is 1. The monoisotopic (exact) mass is 367 g/mol. The van der Waals surface area contributed by atoms with Crippen molar-refractivity contribution in [2.24, 2.45) is 16.8 Å². The first-order valence-corrected chi connectivity index (χ1v) is 8.78. The standard InChI is InChI=1S/C10H14BrN3O3S2/c11-8-3-5-18-10(8)19(16,17)14-4-1-2-7(6-14)9(12)13-15/h3,5,7,15H,1-2,4,6H2,(H2,12,13). The van der Waals surface area contributed by atoms with Crippen molar-refractivity contribution in [1.29, 1.82) is 0 Å². The summed E-state index contributed by atoms with van der Waals surface area (Å²) in [5.74, 6) is -0.141. The van der Waals surface area contributed by atoms with E-state index in [4.69, 9.17) is 10.9 Å². The highest BCUT2D eigenvalue weighted by Crippen LogP contribution is 2.32. The van der Waals surface area contributed by atoms with Gasteiger partial charge >= 0.3 is 0 Å². The summed E-state index contributed by atoms with van der Waals surface area (Å²) in [6.45, 7) is 0.713. The van der Waals surface area contributed by atoms with Crippen LogP contribution in [0, 0.1) is 5.92 Å². The number of oxime groups is 1. The van der Waals surface area contributed by atoms with Gasteiger partial charge in [0.25, 0.3) is 10.0 Å². The molecule has 0 aromatic carbocycles. The Labute approximate surface area is 124 Å². The first-order valence-electron chi connectivity index (χ1n) is 5.67. The van der Waals surface area contributed by atoms with Gasteiger partial charge in [0, 0.05) is 23.5 Å². The topological polar surface area (TPSA) is 96.0 Å². The molecular formula is C10H14BrN3O3S2. The van der Waals surface area contributed by atoms with E-state index in [2.05, 4.69) is 21.1 Å². The number of amidine groups is 1. The normalized spacial score (nSPS) is 22.6. The maximum Gasteiger partial charge on any atom is 0.253 e. The summed E-state index contributed by atoms with van der Waals surface area (Å²) < 4.78 is 27.2. The lowest BCUT2D eigenvalue weighted by atomic mass is 9.99. The van der Waals surface area contributed by atoms with E-state index in [9.17, 15) is 8.42 Å². The fourth-order valence-electron chi connectivity index (χ4n) is 2.06. The lowest BCUT2D eigenvalue weighted by molar-refractivity contribution is 0.287.